The van der Waals surface area contributed by atoms with E-state index in [-0.39, 0.29) is 17.8 Å². The molecule has 2 aromatic rings. The lowest BCUT2D eigenvalue weighted by molar-refractivity contribution is -0.116. The molecule has 4 rings (SSSR count). The Kier molecular flexibility index (Phi) is 5.25. The number of amides is 1. The summed E-state index contributed by atoms with van der Waals surface area (Å²) in [5.74, 6) is -0.246. The van der Waals surface area contributed by atoms with Crippen LogP contribution in [0.4, 0.5) is 5.69 Å². The van der Waals surface area contributed by atoms with Gasteiger partial charge in [0.05, 0.1) is 5.52 Å². The van der Waals surface area contributed by atoms with Gasteiger partial charge in [0.25, 0.3) is 5.91 Å². The van der Waals surface area contributed by atoms with Crippen molar-refractivity contribution < 1.29 is 9.90 Å². The number of para-hydroxylation sites is 1. The molecule has 1 aromatic heterocycles. The van der Waals surface area contributed by atoms with Crippen molar-refractivity contribution in [3.8, 4) is 5.88 Å². The lowest BCUT2D eigenvalue weighted by Crippen LogP contribution is -2.42. The van der Waals surface area contributed by atoms with Crippen LogP contribution in [0.3, 0.4) is 0 Å². The number of benzene rings is 1. The second-order valence-electron chi connectivity index (χ2n) is 7.84. The van der Waals surface area contributed by atoms with Crippen LogP contribution in [0.2, 0.25) is 0 Å². The normalized spacial score (nSPS) is 20.6. The van der Waals surface area contributed by atoms with Gasteiger partial charge in [0.15, 0.2) is 5.69 Å². The number of aromatic nitrogens is 1. The molecule has 1 saturated carbocycles. The largest absolute Gasteiger partial charge is 0.493 e. The number of aromatic hydroxyl groups is 1. The van der Waals surface area contributed by atoms with E-state index in [2.05, 4.69) is 15.1 Å². The van der Waals surface area contributed by atoms with Crippen LogP contribution in [0, 0.1) is 0 Å². The van der Waals surface area contributed by atoms with Crippen molar-refractivity contribution in [3.05, 3.63) is 24.3 Å². The summed E-state index contributed by atoms with van der Waals surface area (Å²) in [5.41, 5.74) is 1.36. The van der Waals surface area contributed by atoms with Gasteiger partial charge < -0.3 is 14.6 Å². The van der Waals surface area contributed by atoms with Gasteiger partial charge in [-0.05, 0) is 31.7 Å². The lowest BCUT2D eigenvalue weighted by Gasteiger charge is -2.39. The van der Waals surface area contributed by atoms with Crippen molar-refractivity contribution in [2.75, 3.05) is 13.1 Å². The average molecular weight is 368 g/mol. The summed E-state index contributed by atoms with van der Waals surface area (Å²) >= 11 is 0. The quantitative estimate of drug-likeness (QED) is 0.780. The van der Waals surface area contributed by atoms with Crippen LogP contribution in [0.15, 0.2) is 34.5 Å². The van der Waals surface area contributed by atoms with E-state index in [0.717, 1.165) is 42.9 Å². The SMILES string of the molecule is CC(=O)N=Nc1c(O)n(C2CCN(C3CCCCC3)CC2)c2ccccc12. The molecule has 1 aliphatic carbocycles. The van der Waals surface area contributed by atoms with Crippen LogP contribution in [-0.2, 0) is 4.79 Å². The predicted molar refractivity (Wildman–Crippen MR) is 106 cm³/mol. The number of carbonyl (C=O) groups is 1. The number of hydrogen-bond donors (Lipinski definition) is 1. The van der Waals surface area contributed by atoms with Crippen molar-refractivity contribution in [2.45, 2.75) is 64.0 Å². The molecule has 0 unspecified atom stereocenters. The number of carbonyl (C=O) groups excluding carboxylic acids is 1. The Balaban J connectivity index is 1.59. The van der Waals surface area contributed by atoms with Crippen LogP contribution in [0.5, 0.6) is 5.88 Å². The Hall–Kier alpha value is -2.21. The number of rotatable bonds is 3. The van der Waals surface area contributed by atoms with Crippen molar-refractivity contribution in [1.29, 1.82) is 0 Å². The summed E-state index contributed by atoms with van der Waals surface area (Å²) in [5, 5.41) is 19.4. The Morgan fingerprint density at radius 2 is 1.74 bits per heavy atom. The van der Waals surface area contributed by atoms with Crippen LogP contribution < -0.4 is 0 Å². The highest BCUT2D eigenvalue weighted by atomic mass is 16.3. The maximum atomic E-state index is 11.2. The molecule has 1 saturated heterocycles. The molecule has 2 fully saturated rings. The van der Waals surface area contributed by atoms with Crippen LogP contribution in [0.25, 0.3) is 10.9 Å². The summed E-state index contributed by atoms with van der Waals surface area (Å²) in [6.07, 6.45) is 8.80. The van der Waals surface area contributed by atoms with Gasteiger partial charge in [-0.2, -0.15) is 0 Å². The Morgan fingerprint density at radius 1 is 1.04 bits per heavy atom. The molecule has 0 spiro atoms. The summed E-state index contributed by atoms with van der Waals surface area (Å²) in [7, 11) is 0. The molecule has 6 heteroatoms. The zero-order valence-corrected chi connectivity index (χ0v) is 16.0. The number of nitrogens with zero attached hydrogens (tertiary/aromatic N) is 4. The van der Waals surface area contributed by atoms with E-state index in [1.54, 1.807) is 0 Å². The topological polar surface area (TPSA) is 70.2 Å². The third kappa shape index (κ3) is 3.63. The van der Waals surface area contributed by atoms with Crippen molar-refractivity contribution in [3.63, 3.8) is 0 Å². The third-order valence-corrected chi connectivity index (χ3v) is 6.10. The van der Waals surface area contributed by atoms with E-state index >= 15 is 0 Å². The standard InChI is InChI=1S/C21H28N4O2/c1-15(26)22-23-20-18-9-5-6-10-19(18)25(21(20)27)17-11-13-24(14-12-17)16-7-3-2-4-8-16/h5-6,9-10,16-17,27H,2-4,7-8,11-14H2,1H3. The smallest absolute Gasteiger partial charge is 0.261 e. The molecule has 0 bridgehead atoms. The van der Waals surface area contributed by atoms with Gasteiger partial charge >= 0.3 is 0 Å². The van der Waals surface area contributed by atoms with Crippen molar-refractivity contribution in [2.24, 2.45) is 10.2 Å². The fraction of sp³-hybridized carbons (Fsp3) is 0.571. The maximum absolute atomic E-state index is 11.2. The molecule has 1 amide bonds. The highest BCUT2D eigenvalue weighted by Crippen LogP contribution is 2.43. The van der Waals surface area contributed by atoms with E-state index in [1.807, 2.05) is 28.8 Å². The first kappa shape index (κ1) is 18.2. The molecule has 2 heterocycles. The molecular formula is C21H28N4O2. The van der Waals surface area contributed by atoms with Gasteiger partial charge in [-0.25, -0.2) is 0 Å². The van der Waals surface area contributed by atoms with E-state index in [9.17, 15) is 9.90 Å². The third-order valence-electron chi connectivity index (χ3n) is 6.10. The number of azo groups is 1. The van der Waals surface area contributed by atoms with Gasteiger partial charge in [0.2, 0.25) is 5.88 Å². The summed E-state index contributed by atoms with van der Waals surface area (Å²) < 4.78 is 2.00. The first-order valence-corrected chi connectivity index (χ1v) is 10.1. The van der Waals surface area contributed by atoms with Gasteiger partial charge in [0, 0.05) is 37.5 Å². The summed E-state index contributed by atoms with van der Waals surface area (Å²) in [6.45, 7) is 3.51. The van der Waals surface area contributed by atoms with Gasteiger partial charge in [-0.1, -0.05) is 37.5 Å². The average Bonchev–Trinajstić information content (AvgIpc) is 2.98. The van der Waals surface area contributed by atoms with Gasteiger partial charge in [-0.15, -0.1) is 10.2 Å². The van der Waals surface area contributed by atoms with Crippen molar-refractivity contribution >= 4 is 22.5 Å². The number of likely N-dealkylation sites (tertiary alicyclic amines) is 1. The van der Waals surface area contributed by atoms with Crippen LogP contribution >= 0.6 is 0 Å². The first-order chi connectivity index (χ1) is 13.1. The predicted octanol–water partition coefficient (Wildman–Crippen LogP) is 4.95. The monoisotopic (exact) mass is 368 g/mol. The molecule has 1 aromatic carbocycles. The molecule has 0 radical (unpaired) electrons. The summed E-state index contributed by atoms with van der Waals surface area (Å²) in [6, 6.07) is 8.82. The van der Waals surface area contributed by atoms with Crippen molar-refractivity contribution in [1.82, 2.24) is 9.47 Å². The minimum Gasteiger partial charge on any atom is -0.493 e. The van der Waals surface area contributed by atoms with E-state index in [4.69, 9.17) is 0 Å². The molecule has 144 valence electrons. The molecule has 1 N–H and O–H groups in total. The Bertz CT molecular complexity index is 843. The van der Waals surface area contributed by atoms with Gasteiger partial charge in [0.1, 0.15) is 0 Å². The Morgan fingerprint density at radius 3 is 2.44 bits per heavy atom. The molecule has 0 atom stereocenters. The second-order valence-corrected chi connectivity index (χ2v) is 7.84. The molecule has 6 nitrogen and oxygen atoms in total. The number of piperidine rings is 1. The Labute approximate surface area is 159 Å². The molecule has 27 heavy (non-hydrogen) atoms. The second kappa shape index (κ2) is 7.80. The zero-order chi connectivity index (χ0) is 18.8. The molecule has 1 aliphatic heterocycles. The fourth-order valence-corrected chi connectivity index (χ4v) is 4.78. The first-order valence-electron chi connectivity index (χ1n) is 10.1. The van der Waals surface area contributed by atoms with E-state index in [1.165, 1.54) is 39.0 Å². The maximum Gasteiger partial charge on any atom is 0.261 e. The highest BCUT2D eigenvalue weighted by molar-refractivity contribution is 5.95. The minimum absolute atomic E-state index is 0.123. The lowest BCUT2D eigenvalue weighted by atomic mass is 9.92. The highest BCUT2D eigenvalue weighted by Gasteiger charge is 2.29. The van der Waals surface area contributed by atoms with Gasteiger partial charge in [-0.3, -0.25) is 4.79 Å². The van der Waals surface area contributed by atoms with E-state index < -0.39 is 0 Å². The van der Waals surface area contributed by atoms with Crippen LogP contribution in [-0.4, -0.2) is 39.6 Å². The zero-order valence-electron chi connectivity index (χ0n) is 16.0. The summed E-state index contributed by atoms with van der Waals surface area (Å²) in [4.78, 5) is 13.9. The van der Waals surface area contributed by atoms with Crippen LogP contribution in [0.1, 0.15) is 57.9 Å². The van der Waals surface area contributed by atoms with E-state index in [0.29, 0.717) is 5.69 Å². The minimum atomic E-state index is -0.368. The molecular weight excluding hydrogens is 340 g/mol. The fourth-order valence-electron chi connectivity index (χ4n) is 4.78. The number of hydrogen-bond acceptors (Lipinski definition) is 4. The molecule has 2 aliphatic rings. The number of fused-ring (bicyclic) bond motifs is 1.